The molecule has 0 atom stereocenters. The number of benzene rings is 1. The Hall–Kier alpha value is -1.66. The minimum atomic E-state index is -0.394. The molecule has 0 bridgehead atoms. The molecule has 1 aromatic rings. The highest BCUT2D eigenvalue weighted by atomic mass is 16.6. The number of hydrogen-bond acceptors (Lipinski definition) is 5. The van der Waals surface area contributed by atoms with E-state index in [-0.39, 0.29) is 5.69 Å². The molecule has 0 aliphatic heterocycles. The number of nitrogens with zero attached hydrogens (tertiary/aromatic N) is 2. The van der Waals surface area contributed by atoms with Crippen molar-refractivity contribution in [3.63, 3.8) is 0 Å². The van der Waals surface area contributed by atoms with Gasteiger partial charge in [-0.05, 0) is 20.2 Å². The fraction of sp³-hybridized carbons (Fsp3) is 0.500. The highest BCUT2D eigenvalue weighted by Crippen LogP contribution is 2.22. The Bertz CT molecular complexity index is 383. The number of likely N-dealkylation sites (N-methyl/N-ethyl adjacent to an activating group) is 1. The van der Waals surface area contributed by atoms with Crippen molar-refractivity contribution in [3.8, 4) is 0 Å². The fourth-order valence-electron chi connectivity index (χ4n) is 1.39. The van der Waals surface area contributed by atoms with Gasteiger partial charge in [-0.15, -0.1) is 0 Å². The number of para-hydroxylation sites is 2. The van der Waals surface area contributed by atoms with Crippen LogP contribution in [0.25, 0.3) is 0 Å². The summed E-state index contributed by atoms with van der Waals surface area (Å²) in [7, 11) is 3.96. The predicted molar refractivity (Wildman–Crippen MR) is 71.0 cm³/mol. The molecule has 1 aromatic carbocycles. The average molecular weight is 253 g/mol. The molecule has 6 nitrogen and oxygen atoms in total. The largest absolute Gasteiger partial charge is 0.378 e. The third kappa shape index (κ3) is 5.11. The topological polar surface area (TPSA) is 67.6 Å². The lowest BCUT2D eigenvalue weighted by molar-refractivity contribution is -0.384. The first-order chi connectivity index (χ1) is 8.61. The van der Waals surface area contributed by atoms with Crippen molar-refractivity contribution in [3.05, 3.63) is 34.4 Å². The molecule has 1 rings (SSSR count). The van der Waals surface area contributed by atoms with Crippen LogP contribution in [-0.2, 0) is 4.74 Å². The van der Waals surface area contributed by atoms with Crippen LogP contribution in [0.15, 0.2) is 24.3 Å². The highest BCUT2D eigenvalue weighted by molar-refractivity contribution is 5.60. The average Bonchev–Trinajstić information content (AvgIpc) is 2.33. The van der Waals surface area contributed by atoms with Crippen LogP contribution in [0, 0.1) is 10.1 Å². The molecule has 18 heavy (non-hydrogen) atoms. The number of hydrogen-bond donors (Lipinski definition) is 1. The number of nitrogens with one attached hydrogen (secondary N) is 1. The predicted octanol–water partition coefficient (Wildman–Crippen LogP) is 1.58. The molecule has 0 aliphatic carbocycles. The Labute approximate surface area is 107 Å². The monoisotopic (exact) mass is 253 g/mol. The molecule has 0 fully saturated rings. The molecule has 0 aliphatic rings. The van der Waals surface area contributed by atoms with E-state index in [1.54, 1.807) is 18.2 Å². The highest BCUT2D eigenvalue weighted by Gasteiger charge is 2.10. The molecule has 0 saturated heterocycles. The minimum absolute atomic E-state index is 0.0887. The number of rotatable bonds is 8. The van der Waals surface area contributed by atoms with Gasteiger partial charge < -0.3 is 15.0 Å². The van der Waals surface area contributed by atoms with Crippen LogP contribution in [0.2, 0.25) is 0 Å². The molecule has 0 radical (unpaired) electrons. The third-order valence-corrected chi connectivity index (χ3v) is 2.35. The van der Waals surface area contributed by atoms with E-state index >= 15 is 0 Å². The summed E-state index contributed by atoms with van der Waals surface area (Å²) in [6.45, 7) is 2.61. The maximum atomic E-state index is 10.8. The first kappa shape index (κ1) is 14.4. The quantitative estimate of drug-likeness (QED) is 0.433. The van der Waals surface area contributed by atoms with E-state index in [0.29, 0.717) is 25.4 Å². The summed E-state index contributed by atoms with van der Waals surface area (Å²) in [5.74, 6) is 0. The van der Waals surface area contributed by atoms with Gasteiger partial charge in [0.05, 0.1) is 18.1 Å². The van der Waals surface area contributed by atoms with Gasteiger partial charge in [-0.3, -0.25) is 10.1 Å². The second-order valence-corrected chi connectivity index (χ2v) is 4.12. The lowest BCUT2D eigenvalue weighted by Crippen LogP contribution is -2.20. The van der Waals surface area contributed by atoms with E-state index < -0.39 is 4.92 Å². The van der Waals surface area contributed by atoms with Crippen LogP contribution in [0.3, 0.4) is 0 Å². The number of anilines is 1. The first-order valence-electron chi connectivity index (χ1n) is 5.81. The van der Waals surface area contributed by atoms with Crippen molar-refractivity contribution in [2.45, 2.75) is 0 Å². The number of nitro groups is 1. The van der Waals surface area contributed by atoms with E-state index in [1.807, 2.05) is 19.0 Å². The van der Waals surface area contributed by atoms with Crippen LogP contribution in [0.1, 0.15) is 0 Å². The smallest absolute Gasteiger partial charge is 0.292 e. The summed E-state index contributed by atoms with van der Waals surface area (Å²) in [6, 6.07) is 6.59. The van der Waals surface area contributed by atoms with Crippen molar-refractivity contribution in [1.29, 1.82) is 0 Å². The van der Waals surface area contributed by atoms with E-state index in [4.69, 9.17) is 4.74 Å². The van der Waals surface area contributed by atoms with E-state index in [2.05, 4.69) is 5.32 Å². The Kier molecular flexibility index (Phi) is 6.10. The molecule has 100 valence electrons. The molecule has 1 N–H and O–H groups in total. The van der Waals surface area contributed by atoms with E-state index in [0.717, 1.165) is 6.54 Å². The molecule has 0 amide bonds. The second kappa shape index (κ2) is 7.62. The van der Waals surface area contributed by atoms with Gasteiger partial charge >= 0.3 is 0 Å². The van der Waals surface area contributed by atoms with Crippen LogP contribution < -0.4 is 5.32 Å². The summed E-state index contributed by atoms with van der Waals surface area (Å²) in [5, 5.41) is 13.8. The van der Waals surface area contributed by atoms with Crippen LogP contribution in [-0.4, -0.2) is 50.2 Å². The summed E-state index contributed by atoms with van der Waals surface area (Å²) in [4.78, 5) is 12.4. The standard InChI is InChI=1S/C12H19N3O3/c1-14(2)8-10-18-9-7-13-11-5-3-4-6-12(11)15(16)17/h3-6,13H,7-10H2,1-2H3. The van der Waals surface area contributed by atoms with Gasteiger partial charge in [0.15, 0.2) is 0 Å². The maximum Gasteiger partial charge on any atom is 0.292 e. The zero-order valence-corrected chi connectivity index (χ0v) is 10.8. The van der Waals surface area contributed by atoms with E-state index in [9.17, 15) is 10.1 Å². The number of ether oxygens (including phenoxy) is 1. The Morgan fingerprint density at radius 1 is 1.33 bits per heavy atom. The van der Waals surface area contributed by atoms with Gasteiger partial charge in [0.1, 0.15) is 5.69 Å². The zero-order chi connectivity index (χ0) is 13.4. The molecule has 0 aromatic heterocycles. The summed E-state index contributed by atoms with van der Waals surface area (Å²) < 4.78 is 5.39. The Morgan fingerprint density at radius 3 is 2.72 bits per heavy atom. The van der Waals surface area contributed by atoms with E-state index in [1.165, 1.54) is 6.07 Å². The molecule has 0 saturated carbocycles. The van der Waals surface area contributed by atoms with Gasteiger partial charge in [0.2, 0.25) is 0 Å². The number of nitro benzene ring substituents is 1. The summed E-state index contributed by atoms with van der Waals surface area (Å²) in [5.41, 5.74) is 0.615. The normalized spacial score (nSPS) is 10.6. The first-order valence-corrected chi connectivity index (χ1v) is 5.81. The fourth-order valence-corrected chi connectivity index (χ4v) is 1.39. The molecule has 0 heterocycles. The van der Waals surface area contributed by atoms with Gasteiger partial charge in [-0.2, -0.15) is 0 Å². The molecule has 6 heteroatoms. The van der Waals surface area contributed by atoms with Gasteiger partial charge in [-0.1, -0.05) is 12.1 Å². The summed E-state index contributed by atoms with van der Waals surface area (Å²) in [6.07, 6.45) is 0. The zero-order valence-electron chi connectivity index (χ0n) is 10.8. The summed E-state index contributed by atoms with van der Waals surface area (Å²) >= 11 is 0. The molecule has 0 unspecified atom stereocenters. The van der Waals surface area contributed by atoms with Gasteiger partial charge in [-0.25, -0.2) is 0 Å². The van der Waals surface area contributed by atoms with Crippen molar-refractivity contribution in [2.24, 2.45) is 0 Å². The second-order valence-electron chi connectivity index (χ2n) is 4.12. The Balaban J connectivity index is 2.29. The van der Waals surface area contributed by atoms with Crippen molar-refractivity contribution in [2.75, 3.05) is 45.7 Å². The van der Waals surface area contributed by atoms with Gasteiger partial charge in [0, 0.05) is 19.2 Å². The van der Waals surface area contributed by atoms with Crippen LogP contribution >= 0.6 is 0 Å². The minimum Gasteiger partial charge on any atom is -0.378 e. The third-order valence-electron chi connectivity index (χ3n) is 2.35. The van der Waals surface area contributed by atoms with Crippen molar-refractivity contribution < 1.29 is 9.66 Å². The SMILES string of the molecule is CN(C)CCOCCNc1ccccc1[N+](=O)[O-]. The molecular weight excluding hydrogens is 234 g/mol. The Morgan fingerprint density at radius 2 is 2.06 bits per heavy atom. The van der Waals surface area contributed by atoms with Crippen LogP contribution in [0.5, 0.6) is 0 Å². The van der Waals surface area contributed by atoms with Crippen molar-refractivity contribution in [1.82, 2.24) is 4.90 Å². The lowest BCUT2D eigenvalue weighted by Gasteiger charge is -2.10. The van der Waals surface area contributed by atoms with Gasteiger partial charge in [0.25, 0.3) is 5.69 Å². The lowest BCUT2D eigenvalue weighted by atomic mass is 10.2. The van der Waals surface area contributed by atoms with Crippen LogP contribution in [0.4, 0.5) is 11.4 Å². The molecular formula is C12H19N3O3. The molecule has 0 spiro atoms. The van der Waals surface area contributed by atoms with Crippen molar-refractivity contribution >= 4 is 11.4 Å². The maximum absolute atomic E-state index is 10.8.